The van der Waals surface area contributed by atoms with Crippen LogP contribution in [0, 0.1) is 0 Å². The third-order valence-electron chi connectivity index (χ3n) is 1.51. The van der Waals surface area contributed by atoms with Gasteiger partial charge in [0.15, 0.2) is 5.13 Å². The Morgan fingerprint density at radius 2 is 2.33 bits per heavy atom. The van der Waals surface area contributed by atoms with Crippen LogP contribution >= 0.6 is 11.3 Å². The van der Waals surface area contributed by atoms with Crippen molar-refractivity contribution in [3.05, 3.63) is 11.1 Å². The molecule has 0 amide bonds. The third-order valence-corrected chi connectivity index (χ3v) is 2.57. The monoisotopic (exact) mass is 186 g/mol. The molecule has 1 rings (SSSR count). The lowest BCUT2D eigenvalue weighted by Gasteiger charge is -2.05. The molecule has 0 aliphatic carbocycles. The SMILES string of the molecule is CN(C)c1nc(CCCO)cs1. The molecule has 0 aliphatic heterocycles. The van der Waals surface area contributed by atoms with Crippen LogP contribution in [0.3, 0.4) is 0 Å². The van der Waals surface area contributed by atoms with E-state index in [1.807, 2.05) is 24.4 Å². The van der Waals surface area contributed by atoms with Gasteiger partial charge < -0.3 is 10.0 Å². The van der Waals surface area contributed by atoms with Gasteiger partial charge in [-0.1, -0.05) is 0 Å². The number of rotatable bonds is 4. The van der Waals surface area contributed by atoms with E-state index in [4.69, 9.17) is 5.11 Å². The molecule has 0 aromatic carbocycles. The Bertz CT molecular complexity index is 235. The zero-order valence-electron chi connectivity index (χ0n) is 7.45. The van der Waals surface area contributed by atoms with E-state index < -0.39 is 0 Å². The molecule has 4 heteroatoms. The van der Waals surface area contributed by atoms with Gasteiger partial charge in [0, 0.05) is 26.1 Å². The maximum absolute atomic E-state index is 8.61. The number of aliphatic hydroxyl groups is 1. The van der Waals surface area contributed by atoms with Crippen LogP contribution in [0.15, 0.2) is 5.38 Å². The minimum atomic E-state index is 0.245. The fraction of sp³-hybridized carbons (Fsp3) is 0.625. The highest BCUT2D eigenvalue weighted by Crippen LogP contribution is 2.18. The number of hydrogen-bond acceptors (Lipinski definition) is 4. The first-order valence-electron chi connectivity index (χ1n) is 3.96. The summed E-state index contributed by atoms with van der Waals surface area (Å²) >= 11 is 1.64. The topological polar surface area (TPSA) is 36.4 Å². The summed E-state index contributed by atoms with van der Waals surface area (Å²) in [5.41, 5.74) is 1.08. The number of aryl methyl sites for hydroxylation is 1. The van der Waals surface area contributed by atoms with E-state index in [0.29, 0.717) is 0 Å². The molecule has 0 radical (unpaired) electrons. The number of nitrogens with zero attached hydrogens (tertiary/aromatic N) is 2. The Morgan fingerprint density at radius 1 is 1.58 bits per heavy atom. The molecule has 0 bridgehead atoms. The zero-order valence-corrected chi connectivity index (χ0v) is 8.27. The summed E-state index contributed by atoms with van der Waals surface area (Å²) in [6.07, 6.45) is 1.68. The van der Waals surface area contributed by atoms with Crippen molar-refractivity contribution in [3.63, 3.8) is 0 Å². The van der Waals surface area contributed by atoms with Crippen molar-refractivity contribution in [2.24, 2.45) is 0 Å². The lowest BCUT2D eigenvalue weighted by molar-refractivity contribution is 0.288. The number of aliphatic hydroxyl groups excluding tert-OH is 1. The Balaban J connectivity index is 2.52. The van der Waals surface area contributed by atoms with Crippen LogP contribution in [0.5, 0.6) is 0 Å². The van der Waals surface area contributed by atoms with Crippen LogP contribution in [0.1, 0.15) is 12.1 Å². The van der Waals surface area contributed by atoms with E-state index in [2.05, 4.69) is 4.98 Å². The van der Waals surface area contributed by atoms with Crippen LogP contribution in [0.4, 0.5) is 5.13 Å². The zero-order chi connectivity index (χ0) is 8.97. The highest BCUT2D eigenvalue weighted by molar-refractivity contribution is 7.13. The maximum atomic E-state index is 8.61. The van der Waals surface area contributed by atoms with Crippen LogP contribution in [-0.4, -0.2) is 30.8 Å². The van der Waals surface area contributed by atoms with E-state index in [1.54, 1.807) is 11.3 Å². The van der Waals surface area contributed by atoms with Gasteiger partial charge in [0.2, 0.25) is 0 Å². The molecule has 68 valence electrons. The lowest BCUT2D eigenvalue weighted by atomic mass is 10.3. The number of aromatic nitrogens is 1. The quantitative estimate of drug-likeness (QED) is 0.766. The van der Waals surface area contributed by atoms with Crippen molar-refractivity contribution in [1.29, 1.82) is 0 Å². The molecule has 1 aromatic rings. The van der Waals surface area contributed by atoms with Gasteiger partial charge in [-0.3, -0.25) is 0 Å². The lowest BCUT2D eigenvalue weighted by Crippen LogP contribution is -2.08. The van der Waals surface area contributed by atoms with Gasteiger partial charge in [0.25, 0.3) is 0 Å². The Morgan fingerprint density at radius 3 is 2.83 bits per heavy atom. The Hall–Kier alpha value is -0.610. The summed E-state index contributed by atoms with van der Waals surface area (Å²) in [5.74, 6) is 0. The van der Waals surface area contributed by atoms with Crippen molar-refractivity contribution in [2.45, 2.75) is 12.8 Å². The average Bonchev–Trinajstić information content (AvgIpc) is 2.48. The summed E-state index contributed by atoms with van der Waals surface area (Å²) in [6, 6.07) is 0. The second-order valence-electron chi connectivity index (χ2n) is 2.84. The van der Waals surface area contributed by atoms with Crippen molar-refractivity contribution in [2.75, 3.05) is 25.6 Å². The minimum Gasteiger partial charge on any atom is -0.396 e. The molecule has 0 spiro atoms. The first-order valence-corrected chi connectivity index (χ1v) is 4.84. The molecular weight excluding hydrogens is 172 g/mol. The molecule has 0 aliphatic rings. The number of thiazole rings is 1. The predicted molar refractivity (Wildman–Crippen MR) is 51.8 cm³/mol. The number of hydrogen-bond donors (Lipinski definition) is 1. The van der Waals surface area contributed by atoms with Gasteiger partial charge in [0.1, 0.15) is 0 Å². The molecular formula is C8H14N2OS. The molecule has 12 heavy (non-hydrogen) atoms. The van der Waals surface area contributed by atoms with Gasteiger partial charge >= 0.3 is 0 Å². The largest absolute Gasteiger partial charge is 0.396 e. The van der Waals surface area contributed by atoms with Crippen molar-refractivity contribution in [3.8, 4) is 0 Å². The molecule has 1 heterocycles. The van der Waals surface area contributed by atoms with Crippen LogP contribution in [0.25, 0.3) is 0 Å². The van der Waals surface area contributed by atoms with Crippen LogP contribution in [-0.2, 0) is 6.42 Å². The van der Waals surface area contributed by atoms with Crippen LogP contribution in [0.2, 0.25) is 0 Å². The smallest absolute Gasteiger partial charge is 0.184 e. The molecule has 1 aromatic heterocycles. The van der Waals surface area contributed by atoms with Gasteiger partial charge in [-0.2, -0.15) is 0 Å². The second-order valence-corrected chi connectivity index (χ2v) is 3.68. The van der Waals surface area contributed by atoms with E-state index >= 15 is 0 Å². The van der Waals surface area contributed by atoms with E-state index in [9.17, 15) is 0 Å². The van der Waals surface area contributed by atoms with Crippen LogP contribution < -0.4 is 4.90 Å². The van der Waals surface area contributed by atoms with Crippen molar-refractivity contribution in [1.82, 2.24) is 4.98 Å². The maximum Gasteiger partial charge on any atom is 0.184 e. The molecule has 3 nitrogen and oxygen atoms in total. The molecule has 0 saturated carbocycles. The van der Waals surface area contributed by atoms with E-state index in [1.165, 1.54) is 0 Å². The molecule has 1 N–H and O–H groups in total. The third kappa shape index (κ3) is 2.46. The van der Waals surface area contributed by atoms with Gasteiger partial charge in [0.05, 0.1) is 5.69 Å². The summed E-state index contributed by atoms with van der Waals surface area (Å²) in [5, 5.41) is 11.7. The highest BCUT2D eigenvalue weighted by atomic mass is 32.1. The van der Waals surface area contributed by atoms with Gasteiger partial charge in [-0.15, -0.1) is 11.3 Å². The number of anilines is 1. The molecule has 0 saturated heterocycles. The normalized spacial score (nSPS) is 10.2. The summed E-state index contributed by atoms with van der Waals surface area (Å²) in [4.78, 5) is 6.37. The first kappa shape index (κ1) is 9.48. The van der Waals surface area contributed by atoms with E-state index in [-0.39, 0.29) is 6.61 Å². The molecule has 0 unspecified atom stereocenters. The molecule has 0 atom stereocenters. The molecule has 0 fully saturated rings. The highest BCUT2D eigenvalue weighted by Gasteiger charge is 2.02. The minimum absolute atomic E-state index is 0.245. The Kier molecular flexibility index (Phi) is 3.49. The fourth-order valence-corrected chi connectivity index (χ4v) is 1.67. The summed E-state index contributed by atoms with van der Waals surface area (Å²) in [6.45, 7) is 0.245. The Labute approximate surface area is 76.7 Å². The fourth-order valence-electron chi connectivity index (χ4n) is 0.877. The standard InChI is InChI=1S/C8H14N2OS/c1-10(2)8-9-7(6-12-8)4-3-5-11/h6,11H,3-5H2,1-2H3. The van der Waals surface area contributed by atoms with Gasteiger partial charge in [-0.25, -0.2) is 4.98 Å². The van der Waals surface area contributed by atoms with E-state index in [0.717, 1.165) is 23.7 Å². The second kappa shape index (κ2) is 4.42. The van der Waals surface area contributed by atoms with Crippen molar-refractivity contribution < 1.29 is 5.11 Å². The summed E-state index contributed by atoms with van der Waals surface area (Å²) < 4.78 is 0. The van der Waals surface area contributed by atoms with Gasteiger partial charge in [-0.05, 0) is 12.8 Å². The predicted octanol–water partition coefficient (Wildman–Crippen LogP) is 1.13. The summed E-state index contributed by atoms with van der Waals surface area (Å²) in [7, 11) is 3.96. The average molecular weight is 186 g/mol. The van der Waals surface area contributed by atoms with Crippen molar-refractivity contribution >= 4 is 16.5 Å². The first-order chi connectivity index (χ1) is 5.74.